The molecule has 2 aromatic rings. The van der Waals surface area contributed by atoms with Crippen molar-refractivity contribution < 1.29 is 14.3 Å². The lowest BCUT2D eigenvalue weighted by molar-refractivity contribution is -0.121. The molecule has 1 aliphatic rings. The molecule has 2 amide bonds. The topological polar surface area (TPSA) is 58.6 Å². The van der Waals surface area contributed by atoms with Crippen LogP contribution < -0.4 is 15.0 Å². The van der Waals surface area contributed by atoms with Crippen molar-refractivity contribution in [1.82, 2.24) is 0 Å². The van der Waals surface area contributed by atoms with Gasteiger partial charge in [-0.15, -0.1) is 0 Å². The Balaban J connectivity index is 1.79. The zero-order valence-corrected chi connectivity index (χ0v) is 14.0. The third kappa shape index (κ3) is 2.97. The number of ether oxygens (including phenoxy) is 1. The number of benzene rings is 2. The summed E-state index contributed by atoms with van der Waals surface area (Å²) in [4.78, 5) is 26.3. The molecule has 1 atom stereocenters. The first-order valence-electron chi connectivity index (χ1n) is 7.84. The summed E-state index contributed by atoms with van der Waals surface area (Å²) in [6, 6.07) is 12.3. The molecule has 1 N–H and O–H groups in total. The summed E-state index contributed by atoms with van der Waals surface area (Å²) in [5.74, 6) is 0.333. The maximum atomic E-state index is 12.7. The van der Waals surface area contributed by atoms with Gasteiger partial charge >= 0.3 is 0 Å². The first-order chi connectivity index (χ1) is 11.5. The van der Waals surface area contributed by atoms with Gasteiger partial charge < -0.3 is 10.1 Å². The standard InChI is InChI=1S/C19H20N2O3/c1-12-4-7-15(10-13(12)2)21-18(22)11-17(19(21)23)20-14-5-8-16(24-3)9-6-14/h4-10,17,20H,11H2,1-3H3. The number of hydrogen-bond donors (Lipinski definition) is 1. The second kappa shape index (κ2) is 6.35. The highest BCUT2D eigenvalue weighted by molar-refractivity contribution is 6.23. The second-order valence-corrected chi connectivity index (χ2v) is 5.97. The molecule has 24 heavy (non-hydrogen) atoms. The van der Waals surface area contributed by atoms with E-state index in [2.05, 4.69) is 5.32 Å². The zero-order chi connectivity index (χ0) is 17.3. The maximum Gasteiger partial charge on any atom is 0.256 e. The zero-order valence-electron chi connectivity index (χ0n) is 14.0. The fourth-order valence-electron chi connectivity index (χ4n) is 2.77. The van der Waals surface area contributed by atoms with E-state index in [1.54, 1.807) is 7.11 Å². The monoisotopic (exact) mass is 324 g/mol. The van der Waals surface area contributed by atoms with Crippen LogP contribution in [0.4, 0.5) is 11.4 Å². The lowest BCUT2D eigenvalue weighted by atomic mass is 10.1. The summed E-state index contributed by atoms with van der Waals surface area (Å²) >= 11 is 0. The Morgan fingerprint density at radius 2 is 1.75 bits per heavy atom. The molecule has 2 aromatic carbocycles. The van der Waals surface area contributed by atoms with Gasteiger partial charge in [-0.05, 0) is 61.4 Å². The first kappa shape index (κ1) is 16.1. The Bertz CT molecular complexity index is 784. The molecule has 0 spiro atoms. The molecule has 1 heterocycles. The van der Waals surface area contributed by atoms with Crippen LogP contribution >= 0.6 is 0 Å². The van der Waals surface area contributed by atoms with Crippen molar-refractivity contribution in [1.29, 1.82) is 0 Å². The molecule has 1 aliphatic heterocycles. The van der Waals surface area contributed by atoms with Gasteiger partial charge in [0, 0.05) is 5.69 Å². The average Bonchev–Trinajstić information content (AvgIpc) is 2.85. The van der Waals surface area contributed by atoms with E-state index in [4.69, 9.17) is 4.74 Å². The maximum absolute atomic E-state index is 12.7. The number of carbonyl (C=O) groups is 2. The number of amides is 2. The minimum Gasteiger partial charge on any atom is -0.497 e. The Morgan fingerprint density at radius 1 is 1.04 bits per heavy atom. The van der Waals surface area contributed by atoms with Gasteiger partial charge in [0.25, 0.3) is 5.91 Å². The largest absolute Gasteiger partial charge is 0.497 e. The van der Waals surface area contributed by atoms with Crippen LogP contribution in [0, 0.1) is 13.8 Å². The van der Waals surface area contributed by atoms with E-state index in [1.165, 1.54) is 4.90 Å². The van der Waals surface area contributed by atoms with E-state index in [9.17, 15) is 9.59 Å². The van der Waals surface area contributed by atoms with E-state index in [-0.39, 0.29) is 18.2 Å². The fraction of sp³-hybridized carbons (Fsp3) is 0.263. The van der Waals surface area contributed by atoms with Crippen LogP contribution in [0.2, 0.25) is 0 Å². The molecule has 0 radical (unpaired) electrons. The number of nitrogens with zero attached hydrogens (tertiary/aromatic N) is 1. The SMILES string of the molecule is COc1ccc(NC2CC(=O)N(c3ccc(C)c(C)c3)C2=O)cc1. The third-order valence-electron chi connectivity index (χ3n) is 4.33. The van der Waals surface area contributed by atoms with Crippen LogP contribution in [0.15, 0.2) is 42.5 Å². The highest BCUT2D eigenvalue weighted by Crippen LogP contribution is 2.27. The Morgan fingerprint density at radius 3 is 2.38 bits per heavy atom. The molecule has 5 nitrogen and oxygen atoms in total. The molecule has 5 heteroatoms. The fourth-order valence-corrected chi connectivity index (χ4v) is 2.77. The molecular weight excluding hydrogens is 304 g/mol. The molecule has 0 bridgehead atoms. The molecule has 1 saturated heterocycles. The number of hydrogen-bond acceptors (Lipinski definition) is 4. The van der Waals surface area contributed by atoms with E-state index < -0.39 is 6.04 Å². The summed E-state index contributed by atoms with van der Waals surface area (Å²) in [7, 11) is 1.60. The predicted octanol–water partition coefficient (Wildman–Crippen LogP) is 3.06. The number of anilines is 2. The normalized spacial score (nSPS) is 17.3. The van der Waals surface area contributed by atoms with Crippen LogP contribution in [0.1, 0.15) is 17.5 Å². The molecule has 0 aliphatic carbocycles. The number of nitrogens with one attached hydrogen (secondary N) is 1. The lowest BCUT2D eigenvalue weighted by Gasteiger charge is -2.17. The van der Waals surface area contributed by atoms with Gasteiger partial charge in [0.05, 0.1) is 19.2 Å². The Kier molecular flexibility index (Phi) is 4.25. The van der Waals surface area contributed by atoms with Gasteiger partial charge in [0.1, 0.15) is 11.8 Å². The van der Waals surface area contributed by atoms with E-state index in [0.717, 1.165) is 22.6 Å². The molecule has 1 fully saturated rings. The molecule has 3 rings (SSSR count). The van der Waals surface area contributed by atoms with Crippen LogP contribution in [0.5, 0.6) is 5.75 Å². The van der Waals surface area contributed by atoms with Crippen LogP contribution in [0.25, 0.3) is 0 Å². The Hall–Kier alpha value is -2.82. The highest BCUT2D eigenvalue weighted by Gasteiger charge is 2.39. The molecule has 0 saturated carbocycles. The van der Waals surface area contributed by atoms with Crippen molar-refractivity contribution in [2.75, 3.05) is 17.3 Å². The number of imide groups is 1. The summed E-state index contributed by atoms with van der Waals surface area (Å²) in [6.07, 6.45) is 0.151. The smallest absolute Gasteiger partial charge is 0.256 e. The summed E-state index contributed by atoms with van der Waals surface area (Å²) in [6.45, 7) is 3.97. The van der Waals surface area contributed by atoms with E-state index in [0.29, 0.717) is 5.69 Å². The van der Waals surface area contributed by atoms with Gasteiger partial charge in [-0.25, -0.2) is 4.90 Å². The van der Waals surface area contributed by atoms with Crippen molar-refractivity contribution in [2.24, 2.45) is 0 Å². The van der Waals surface area contributed by atoms with E-state index >= 15 is 0 Å². The lowest BCUT2D eigenvalue weighted by Crippen LogP contribution is -2.34. The number of aryl methyl sites for hydroxylation is 2. The minimum absolute atomic E-state index is 0.151. The molecule has 0 aromatic heterocycles. The van der Waals surface area contributed by atoms with Gasteiger partial charge in [-0.2, -0.15) is 0 Å². The van der Waals surface area contributed by atoms with Gasteiger partial charge in [0.2, 0.25) is 5.91 Å². The van der Waals surface area contributed by atoms with Gasteiger partial charge in [0.15, 0.2) is 0 Å². The van der Waals surface area contributed by atoms with E-state index in [1.807, 2.05) is 56.3 Å². The quantitative estimate of drug-likeness (QED) is 0.878. The number of methoxy groups -OCH3 is 1. The number of carbonyl (C=O) groups excluding carboxylic acids is 2. The van der Waals surface area contributed by atoms with Crippen LogP contribution in [0.3, 0.4) is 0 Å². The second-order valence-electron chi connectivity index (χ2n) is 5.97. The van der Waals surface area contributed by atoms with Gasteiger partial charge in [-0.1, -0.05) is 6.07 Å². The Labute approximate surface area is 141 Å². The first-order valence-corrected chi connectivity index (χ1v) is 7.84. The number of rotatable bonds is 4. The minimum atomic E-state index is -0.549. The van der Waals surface area contributed by atoms with Crippen molar-refractivity contribution in [3.8, 4) is 5.75 Å². The summed E-state index contributed by atoms with van der Waals surface area (Å²) < 4.78 is 5.12. The van der Waals surface area contributed by atoms with Crippen LogP contribution in [-0.2, 0) is 9.59 Å². The van der Waals surface area contributed by atoms with Crippen molar-refractivity contribution in [3.63, 3.8) is 0 Å². The van der Waals surface area contributed by atoms with Crippen molar-refractivity contribution >= 4 is 23.2 Å². The van der Waals surface area contributed by atoms with Gasteiger partial charge in [-0.3, -0.25) is 9.59 Å². The molecule has 1 unspecified atom stereocenters. The summed E-state index contributed by atoms with van der Waals surface area (Å²) in [5.41, 5.74) is 3.60. The van der Waals surface area contributed by atoms with Crippen LogP contribution in [-0.4, -0.2) is 25.0 Å². The molecular formula is C19H20N2O3. The molecule has 124 valence electrons. The predicted molar refractivity (Wildman–Crippen MR) is 93.4 cm³/mol. The van der Waals surface area contributed by atoms with Crippen molar-refractivity contribution in [3.05, 3.63) is 53.6 Å². The third-order valence-corrected chi connectivity index (χ3v) is 4.33. The summed E-state index contributed by atoms with van der Waals surface area (Å²) in [5, 5.41) is 3.13. The average molecular weight is 324 g/mol. The highest BCUT2D eigenvalue weighted by atomic mass is 16.5. The van der Waals surface area contributed by atoms with Crippen molar-refractivity contribution in [2.45, 2.75) is 26.3 Å².